The van der Waals surface area contributed by atoms with Gasteiger partial charge in [-0.1, -0.05) is 0 Å². The molecule has 1 N–H and O–H groups in total. The van der Waals surface area contributed by atoms with Gasteiger partial charge in [-0.25, -0.2) is 4.98 Å². The third-order valence-electron chi connectivity index (χ3n) is 3.14. The first-order valence-electron chi connectivity index (χ1n) is 6.96. The lowest BCUT2D eigenvalue weighted by molar-refractivity contribution is -0.137. The third kappa shape index (κ3) is 4.36. The van der Waals surface area contributed by atoms with E-state index in [2.05, 4.69) is 10.1 Å². The van der Waals surface area contributed by atoms with Gasteiger partial charge in [-0.2, -0.15) is 5.10 Å². The second-order valence-corrected chi connectivity index (χ2v) is 5.73. The van der Waals surface area contributed by atoms with Crippen LogP contribution in [0.15, 0.2) is 17.8 Å². The van der Waals surface area contributed by atoms with Crippen LogP contribution in [0.4, 0.5) is 0 Å². The van der Waals surface area contributed by atoms with Crippen LogP contribution < -0.4 is 0 Å². The molecule has 1 amide bonds. The number of methoxy groups -OCH3 is 1. The number of carboxylic acids is 1. The molecule has 2 aromatic heterocycles. The van der Waals surface area contributed by atoms with Crippen LogP contribution in [0.1, 0.15) is 16.8 Å². The molecule has 2 rings (SSSR count). The molecule has 2 aromatic rings. The van der Waals surface area contributed by atoms with Gasteiger partial charge in [0, 0.05) is 45.0 Å². The van der Waals surface area contributed by atoms with E-state index in [-0.39, 0.29) is 18.9 Å². The first-order valence-corrected chi connectivity index (χ1v) is 7.84. The van der Waals surface area contributed by atoms with Crippen molar-refractivity contribution in [2.75, 3.05) is 26.8 Å². The number of carbonyl (C=O) groups is 2. The van der Waals surface area contributed by atoms with Crippen LogP contribution in [0.25, 0.3) is 10.7 Å². The van der Waals surface area contributed by atoms with E-state index in [1.54, 1.807) is 24.1 Å². The molecular weight excluding hydrogens is 320 g/mol. The Bertz CT molecular complexity index is 668. The molecule has 0 spiro atoms. The van der Waals surface area contributed by atoms with E-state index in [1.165, 1.54) is 23.3 Å². The summed E-state index contributed by atoms with van der Waals surface area (Å²) in [5.74, 6) is -1.23. The average Bonchev–Trinajstić information content (AvgIpc) is 3.15. The number of ether oxygens (including phenoxy) is 1. The van der Waals surface area contributed by atoms with Crippen molar-refractivity contribution < 1.29 is 19.4 Å². The molecule has 2 heterocycles. The molecule has 0 saturated heterocycles. The number of rotatable bonds is 8. The van der Waals surface area contributed by atoms with Gasteiger partial charge in [0.2, 0.25) is 0 Å². The number of hydrogen-bond donors (Lipinski definition) is 1. The highest BCUT2D eigenvalue weighted by Crippen LogP contribution is 2.25. The maximum absolute atomic E-state index is 12.8. The summed E-state index contributed by atoms with van der Waals surface area (Å²) in [5.41, 5.74) is 0.911. The Labute approximate surface area is 137 Å². The largest absolute Gasteiger partial charge is 0.481 e. The van der Waals surface area contributed by atoms with Crippen molar-refractivity contribution in [3.05, 3.63) is 23.3 Å². The van der Waals surface area contributed by atoms with E-state index >= 15 is 0 Å². The summed E-state index contributed by atoms with van der Waals surface area (Å²) < 4.78 is 6.55. The van der Waals surface area contributed by atoms with Gasteiger partial charge in [-0.3, -0.25) is 14.3 Å². The summed E-state index contributed by atoms with van der Waals surface area (Å²) in [6.45, 7) is 0.761. The summed E-state index contributed by atoms with van der Waals surface area (Å²) in [6.07, 6.45) is 3.15. The third-order valence-corrected chi connectivity index (χ3v) is 3.92. The van der Waals surface area contributed by atoms with E-state index < -0.39 is 5.97 Å². The van der Waals surface area contributed by atoms with Crippen molar-refractivity contribution in [1.82, 2.24) is 19.7 Å². The van der Waals surface area contributed by atoms with Crippen LogP contribution >= 0.6 is 11.3 Å². The molecule has 8 nitrogen and oxygen atoms in total. The topological polar surface area (TPSA) is 97.6 Å². The van der Waals surface area contributed by atoms with Gasteiger partial charge in [0.15, 0.2) is 0 Å². The van der Waals surface area contributed by atoms with Crippen LogP contribution in [0, 0.1) is 0 Å². The van der Waals surface area contributed by atoms with Crippen LogP contribution in [-0.4, -0.2) is 63.5 Å². The van der Waals surface area contributed by atoms with Crippen LogP contribution in [0.2, 0.25) is 0 Å². The number of amides is 1. The highest BCUT2D eigenvalue weighted by atomic mass is 32.1. The molecule has 0 radical (unpaired) electrons. The van der Waals surface area contributed by atoms with Gasteiger partial charge < -0.3 is 14.7 Å². The minimum Gasteiger partial charge on any atom is -0.481 e. The molecular formula is C14H18N4O4S. The minimum atomic E-state index is -0.952. The standard InChI is InChI=1S/C14H18N4O4S/c1-17-9-10(12(16-17)13-15-4-8-23-13)14(21)18(6-7-22-2)5-3-11(19)20/h4,8-9H,3,5-7H2,1-2H3,(H,19,20). The molecule has 0 bridgehead atoms. The zero-order chi connectivity index (χ0) is 16.8. The van der Waals surface area contributed by atoms with Crippen LogP contribution in [0.3, 0.4) is 0 Å². The van der Waals surface area contributed by atoms with Crippen molar-refractivity contribution in [2.45, 2.75) is 6.42 Å². The highest BCUT2D eigenvalue weighted by Gasteiger charge is 2.24. The fraction of sp³-hybridized carbons (Fsp3) is 0.429. The molecule has 0 unspecified atom stereocenters. The summed E-state index contributed by atoms with van der Waals surface area (Å²) in [6, 6.07) is 0. The lowest BCUT2D eigenvalue weighted by Crippen LogP contribution is -2.35. The maximum Gasteiger partial charge on any atom is 0.305 e. The van der Waals surface area contributed by atoms with E-state index in [9.17, 15) is 9.59 Å². The van der Waals surface area contributed by atoms with E-state index in [0.717, 1.165) is 0 Å². The molecule has 23 heavy (non-hydrogen) atoms. The Hall–Kier alpha value is -2.26. The Kier molecular flexibility index (Phi) is 5.83. The quantitative estimate of drug-likeness (QED) is 0.774. The first-order chi connectivity index (χ1) is 11.0. The Morgan fingerprint density at radius 1 is 1.43 bits per heavy atom. The van der Waals surface area contributed by atoms with Gasteiger partial charge >= 0.3 is 5.97 Å². The summed E-state index contributed by atoms with van der Waals surface area (Å²) in [5, 5.41) is 15.6. The van der Waals surface area contributed by atoms with Crippen LogP contribution in [-0.2, 0) is 16.6 Å². The minimum absolute atomic E-state index is 0.115. The Morgan fingerprint density at radius 2 is 2.22 bits per heavy atom. The molecule has 124 valence electrons. The molecule has 0 fully saturated rings. The van der Waals surface area contributed by atoms with Crippen molar-refractivity contribution in [2.24, 2.45) is 7.05 Å². The fourth-order valence-electron chi connectivity index (χ4n) is 2.06. The predicted octanol–water partition coefficient (Wildman–Crippen LogP) is 1.11. The number of carboxylic acid groups (broad SMARTS) is 1. The fourth-order valence-corrected chi connectivity index (χ4v) is 2.70. The highest BCUT2D eigenvalue weighted by molar-refractivity contribution is 7.13. The number of aliphatic carboxylic acids is 1. The number of aromatic nitrogens is 3. The smallest absolute Gasteiger partial charge is 0.305 e. The molecule has 0 aliphatic rings. The number of carbonyl (C=O) groups excluding carboxylic acids is 1. The zero-order valence-corrected chi connectivity index (χ0v) is 13.7. The monoisotopic (exact) mass is 338 g/mol. The molecule has 0 aliphatic heterocycles. The van der Waals surface area contributed by atoms with Crippen LogP contribution in [0.5, 0.6) is 0 Å². The average molecular weight is 338 g/mol. The number of nitrogens with zero attached hydrogens (tertiary/aromatic N) is 4. The second-order valence-electron chi connectivity index (χ2n) is 4.83. The summed E-state index contributed by atoms with van der Waals surface area (Å²) >= 11 is 1.39. The van der Waals surface area contributed by atoms with Crippen molar-refractivity contribution in [3.8, 4) is 10.7 Å². The maximum atomic E-state index is 12.8. The Morgan fingerprint density at radius 3 is 2.83 bits per heavy atom. The van der Waals surface area contributed by atoms with Crippen molar-refractivity contribution in [1.29, 1.82) is 0 Å². The van der Waals surface area contributed by atoms with Crippen molar-refractivity contribution in [3.63, 3.8) is 0 Å². The van der Waals surface area contributed by atoms with Crippen molar-refractivity contribution >= 4 is 23.2 Å². The molecule has 0 saturated carbocycles. The van der Waals surface area contributed by atoms with Gasteiger partial charge in [0.1, 0.15) is 10.7 Å². The van der Waals surface area contributed by atoms with E-state index in [0.29, 0.717) is 29.4 Å². The Balaban J connectivity index is 2.26. The van der Waals surface area contributed by atoms with Gasteiger partial charge in [-0.05, 0) is 0 Å². The summed E-state index contributed by atoms with van der Waals surface area (Å²) in [7, 11) is 3.26. The second kappa shape index (κ2) is 7.84. The van der Waals surface area contributed by atoms with E-state index in [4.69, 9.17) is 9.84 Å². The lowest BCUT2D eigenvalue weighted by Gasteiger charge is -2.21. The molecule has 0 aliphatic carbocycles. The zero-order valence-electron chi connectivity index (χ0n) is 12.9. The summed E-state index contributed by atoms with van der Waals surface area (Å²) in [4.78, 5) is 29.2. The number of hydrogen-bond acceptors (Lipinski definition) is 6. The molecule has 0 aromatic carbocycles. The number of aryl methyl sites for hydroxylation is 1. The normalized spacial score (nSPS) is 10.7. The molecule has 9 heteroatoms. The van der Waals surface area contributed by atoms with Gasteiger partial charge in [0.25, 0.3) is 5.91 Å². The first kappa shape index (κ1) is 17.1. The predicted molar refractivity (Wildman–Crippen MR) is 84.3 cm³/mol. The SMILES string of the molecule is COCCN(CCC(=O)O)C(=O)c1cn(C)nc1-c1nccs1. The number of thiazole rings is 1. The lowest BCUT2D eigenvalue weighted by atomic mass is 10.2. The van der Waals surface area contributed by atoms with Gasteiger partial charge in [-0.15, -0.1) is 11.3 Å². The van der Waals surface area contributed by atoms with E-state index in [1.807, 2.05) is 5.38 Å². The molecule has 0 atom stereocenters. The van der Waals surface area contributed by atoms with Gasteiger partial charge in [0.05, 0.1) is 18.6 Å².